The average molecular weight is 178 g/mol. The Kier molecular flexibility index (Phi) is 2.19. The second kappa shape index (κ2) is 3.34. The van der Waals surface area contributed by atoms with E-state index >= 15 is 0 Å². The van der Waals surface area contributed by atoms with E-state index in [9.17, 15) is 0 Å². The maximum Gasteiger partial charge on any atom is 0.217 e. The number of ether oxygens (including phenoxy) is 1. The van der Waals surface area contributed by atoms with Gasteiger partial charge in [0.1, 0.15) is 0 Å². The number of rotatable bonds is 2. The molecular weight excluding hydrogens is 164 g/mol. The zero-order valence-electron chi connectivity index (χ0n) is 7.84. The Labute approximate surface area is 77.9 Å². The average Bonchev–Trinajstić information content (AvgIpc) is 2.62. The Bertz CT molecular complexity index is 292. The molecule has 0 amide bonds. The lowest BCUT2D eigenvalue weighted by Gasteiger charge is -2.07. The van der Waals surface area contributed by atoms with Gasteiger partial charge in [0.05, 0.1) is 7.11 Å². The second-order valence-corrected chi connectivity index (χ2v) is 3.32. The lowest BCUT2D eigenvalue weighted by Crippen LogP contribution is -2.04. The highest BCUT2D eigenvalue weighted by Crippen LogP contribution is 2.25. The molecule has 0 atom stereocenters. The molecule has 3 heteroatoms. The van der Waals surface area contributed by atoms with Crippen molar-refractivity contribution in [3.8, 4) is 5.88 Å². The molecule has 2 N–H and O–H groups in total. The van der Waals surface area contributed by atoms with E-state index in [-0.39, 0.29) is 0 Å². The van der Waals surface area contributed by atoms with Crippen LogP contribution in [0.4, 0.5) is 0 Å². The molecule has 1 aliphatic rings. The van der Waals surface area contributed by atoms with Crippen molar-refractivity contribution in [3.05, 3.63) is 22.9 Å². The van der Waals surface area contributed by atoms with Crippen molar-refractivity contribution in [2.24, 2.45) is 5.73 Å². The van der Waals surface area contributed by atoms with E-state index in [1.54, 1.807) is 7.11 Å². The van der Waals surface area contributed by atoms with Crippen LogP contribution >= 0.6 is 0 Å². The van der Waals surface area contributed by atoms with E-state index < -0.39 is 0 Å². The summed E-state index contributed by atoms with van der Waals surface area (Å²) in [6, 6.07) is 2.13. The first-order valence-electron chi connectivity index (χ1n) is 4.61. The van der Waals surface area contributed by atoms with Gasteiger partial charge >= 0.3 is 0 Å². The van der Waals surface area contributed by atoms with E-state index in [4.69, 9.17) is 10.5 Å². The molecule has 0 aliphatic heterocycles. The first-order valence-corrected chi connectivity index (χ1v) is 4.61. The second-order valence-electron chi connectivity index (χ2n) is 3.32. The molecule has 70 valence electrons. The van der Waals surface area contributed by atoms with Crippen molar-refractivity contribution in [3.63, 3.8) is 0 Å². The molecule has 2 rings (SSSR count). The molecular formula is C10H14N2O. The molecule has 0 unspecified atom stereocenters. The summed E-state index contributed by atoms with van der Waals surface area (Å²) in [6.45, 7) is 0.503. The van der Waals surface area contributed by atoms with E-state index in [1.165, 1.54) is 17.7 Å². The van der Waals surface area contributed by atoms with Crippen molar-refractivity contribution in [2.45, 2.75) is 25.8 Å². The minimum Gasteiger partial charge on any atom is -0.481 e. The van der Waals surface area contributed by atoms with Crippen LogP contribution in [0.25, 0.3) is 0 Å². The van der Waals surface area contributed by atoms with Crippen LogP contribution < -0.4 is 10.5 Å². The Morgan fingerprint density at radius 2 is 2.38 bits per heavy atom. The molecule has 0 aromatic carbocycles. The van der Waals surface area contributed by atoms with Crippen molar-refractivity contribution in [2.75, 3.05) is 7.11 Å². The highest BCUT2D eigenvalue weighted by atomic mass is 16.5. The maximum absolute atomic E-state index is 5.60. The summed E-state index contributed by atoms with van der Waals surface area (Å²) in [6.07, 6.45) is 3.43. The highest BCUT2D eigenvalue weighted by molar-refractivity contribution is 5.36. The summed E-state index contributed by atoms with van der Waals surface area (Å²) in [4.78, 5) is 4.44. The van der Waals surface area contributed by atoms with Crippen molar-refractivity contribution in [1.82, 2.24) is 4.98 Å². The number of nitrogens with zero attached hydrogens (tertiary/aromatic N) is 1. The van der Waals surface area contributed by atoms with Gasteiger partial charge in [0.15, 0.2) is 0 Å². The summed E-state index contributed by atoms with van der Waals surface area (Å²) in [7, 11) is 1.64. The molecule has 0 spiro atoms. The fourth-order valence-electron chi connectivity index (χ4n) is 1.82. The molecule has 0 radical (unpaired) electrons. The summed E-state index contributed by atoms with van der Waals surface area (Å²) < 4.78 is 5.17. The van der Waals surface area contributed by atoms with E-state index in [0.717, 1.165) is 18.4 Å². The summed E-state index contributed by atoms with van der Waals surface area (Å²) in [5, 5.41) is 0. The molecule has 1 aliphatic carbocycles. The Balaban J connectivity index is 2.47. The third-order valence-corrected chi connectivity index (χ3v) is 2.50. The largest absolute Gasteiger partial charge is 0.481 e. The molecule has 3 nitrogen and oxygen atoms in total. The number of aryl methyl sites for hydroxylation is 2. The van der Waals surface area contributed by atoms with Gasteiger partial charge in [-0.15, -0.1) is 0 Å². The lowest BCUT2D eigenvalue weighted by atomic mass is 10.1. The Hall–Kier alpha value is -1.09. The van der Waals surface area contributed by atoms with Crippen molar-refractivity contribution >= 4 is 0 Å². The third-order valence-electron chi connectivity index (χ3n) is 2.50. The molecule has 13 heavy (non-hydrogen) atoms. The maximum atomic E-state index is 5.60. The van der Waals surface area contributed by atoms with Crippen molar-refractivity contribution in [1.29, 1.82) is 0 Å². The number of pyridine rings is 1. The fraction of sp³-hybridized carbons (Fsp3) is 0.500. The smallest absolute Gasteiger partial charge is 0.217 e. The topological polar surface area (TPSA) is 48.1 Å². The van der Waals surface area contributed by atoms with E-state index in [2.05, 4.69) is 11.1 Å². The SMILES string of the molecule is COc1nc2c(cc1CN)CCC2. The Morgan fingerprint density at radius 1 is 1.54 bits per heavy atom. The van der Waals surface area contributed by atoms with Crippen LogP contribution in [0.2, 0.25) is 0 Å². The first-order chi connectivity index (χ1) is 6.35. The van der Waals surface area contributed by atoms with E-state index in [0.29, 0.717) is 12.4 Å². The molecule has 1 aromatic heterocycles. The summed E-state index contributed by atoms with van der Waals surface area (Å²) in [5.41, 5.74) is 9.15. The fourth-order valence-corrected chi connectivity index (χ4v) is 1.82. The molecule has 0 bridgehead atoms. The van der Waals surface area contributed by atoms with Gasteiger partial charge in [0, 0.05) is 17.8 Å². The van der Waals surface area contributed by atoms with Crippen LogP contribution in [0, 0.1) is 0 Å². The standard InChI is InChI=1S/C10H14N2O/c1-13-10-8(6-11)5-7-3-2-4-9(7)12-10/h5H,2-4,6,11H2,1H3. The minimum atomic E-state index is 0.503. The monoisotopic (exact) mass is 178 g/mol. The number of hydrogen-bond acceptors (Lipinski definition) is 3. The number of nitrogens with two attached hydrogens (primary N) is 1. The van der Waals surface area contributed by atoms with Crippen LogP contribution in [0.3, 0.4) is 0 Å². The van der Waals surface area contributed by atoms with Gasteiger partial charge in [0.25, 0.3) is 0 Å². The van der Waals surface area contributed by atoms with Gasteiger partial charge in [-0.1, -0.05) is 0 Å². The normalized spacial score (nSPS) is 14.3. The number of aromatic nitrogens is 1. The number of hydrogen-bond donors (Lipinski definition) is 1. The van der Waals surface area contributed by atoms with Gasteiger partial charge < -0.3 is 10.5 Å². The molecule has 0 saturated carbocycles. The van der Waals surface area contributed by atoms with Crippen LogP contribution in [0.5, 0.6) is 5.88 Å². The Morgan fingerprint density at radius 3 is 3.08 bits per heavy atom. The quantitative estimate of drug-likeness (QED) is 0.736. The predicted octanol–water partition coefficient (Wildman–Crippen LogP) is 1.04. The number of methoxy groups -OCH3 is 1. The van der Waals surface area contributed by atoms with Crippen molar-refractivity contribution < 1.29 is 4.74 Å². The highest BCUT2D eigenvalue weighted by Gasteiger charge is 2.15. The van der Waals surface area contributed by atoms with Crippen LogP contribution in [0.1, 0.15) is 23.2 Å². The van der Waals surface area contributed by atoms with Gasteiger partial charge in [-0.05, 0) is 30.9 Å². The zero-order chi connectivity index (χ0) is 9.26. The first kappa shape index (κ1) is 8.51. The van der Waals surface area contributed by atoms with Crippen LogP contribution in [-0.2, 0) is 19.4 Å². The zero-order valence-corrected chi connectivity index (χ0v) is 7.84. The molecule has 0 fully saturated rings. The van der Waals surface area contributed by atoms with E-state index in [1.807, 2.05) is 0 Å². The van der Waals surface area contributed by atoms with Gasteiger partial charge in [-0.25, -0.2) is 4.98 Å². The molecule has 1 aromatic rings. The number of fused-ring (bicyclic) bond motifs is 1. The lowest BCUT2D eigenvalue weighted by molar-refractivity contribution is 0.391. The molecule has 1 heterocycles. The van der Waals surface area contributed by atoms with Crippen LogP contribution in [0.15, 0.2) is 6.07 Å². The van der Waals surface area contributed by atoms with Crippen LogP contribution in [-0.4, -0.2) is 12.1 Å². The third kappa shape index (κ3) is 1.40. The van der Waals surface area contributed by atoms with Gasteiger partial charge in [0.2, 0.25) is 5.88 Å². The molecule has 0 saturated heterocycles. The summed E-state index contributed by atoms with van der Waals surface area (Å²) in [5.74, 6) is 0.697. The predicted molar refractivity (Wildman–Crippen MR) is 50.7 cm³/mol. The van der Waals surface area contributed by atoms with Gasteiger partial charge in [-0.2, -0.15) is 0 Å². The minimum absolute atomic E-state index is 0.503. The van der Waals surface area contributed by atoms with Gasteiger partial charge in [-0.3, -0.25) is 0 Å². The summed E-state index contributed by atoms with van der Waals surface area (Å²) >= 11 is 0.